The van der Waals surface area contributed by atoms with E-state index in [4.69, 9.17) is 4.74 Å². The summed E-state index contributed by atoms with van der Waals surface area (Å²) in [5, 5.41) is 2.63. The van der Waals surface area contributed by atoms with Crippen LogP contribution in [-0.2, 0) is 22.6 Å². The molecule has 9 nitrogen and oxygen atoms in total. The summed E-state index contributed by atoms with van der Waals surface area (Å²) in [6.45, 7) is 5.36. The van der Waals surface area contributed by atoms with Gasteiger partial charge in [0.2, 0.25) is 0 Å². The first kappa shape index (κ1) is 21.7. The number of ether oxygens (including phenoxy) is 1. The molecule has 3 amide bonds. The maximum absolute atomic E-state index is 12.1. The zero-order valence-corrected chi connectivity index (χ0v) is 16.5. The van der Waals surface area contributed by atoms with Crippen molar-refractivity contribution in [2.75, 3.05) is 0 Å². The molecule has 9 heteroatoms. The van der Waals surface area contributed by atoms with Crippen LogP contribution in [0, 0.1) is 0 Å². The molecule has 0 atom stereocenters. The van der Waals surface area contributed by atoms with Crippen molar-refractivity contribution in [3.8, 4) is 0 Å². The predicted molar refractivity (Wildman–Crippen MR) is 106 cm³/mol. The van der Waals surface area contributed by atoms with Gasteiger partial charge in [-0.2, -0.15) is 0 Å². The van der Waals surface area contributed by atoms with Gasteiger partial charge in [0.15, 0.2) is 0 Å². The Kier molecular flexibility index (Phi) is 7.13. The first-order valence-corrected chi connectivity index (χ1v) is 8.94. The topological polar surface area (TPSA) is 119 Å². The molecule has 0 aliphatic carbocycles. The summed E-state index contributed by atoms with van der Waals surface area (Å²) < 4.78 is 6.37. The van der Waals surface area contributed by atoms with Crippen molar-refractivity contribution < 1.29 is 19.1 Å². The van der Waals surface area contributed by atoms with Crippen LogP contribution in [0.3, 0.4) is 0 Å². The van der Waals surface area contributed by atoms with Gasteiger partial charge in [-0.1, -0.05) is 18.2 Å². The predicted octanol–water partition coefficient (Wildman–Crippen LogP) is 1.33. The molecule has 0 unspecified atom stereocenters. The quantitative estimate of drug-likeness (QED) is 0.655. The molecule has 2 aromatic rings. The maximum Gasteiger partial charge on any atom is 0.407 e. The second-order valence-corrected chi connectivity index (χ2v) is 7.22. The van der Waals surface area contributed by atoms with Gasteiger partial charge in [-0.3, -0.25) is 25.2 Å². The highest BCUT2D eigenvalue weighted by Gasteiger charge is 2.15. The molecule has 1 heterocycles. The van der Waals surface area contributed by atoms with Gasteiger partial charge >= 0.3 is 6.09 Å². The first-order chi connectivity index (χ1) is 13.6. The molecule has 0 bridgehead atoms. The minimum absolute atomic E-state index is 0.213. The maximum atomic E-state index is 12.1. The van der Waals surface area contributed by atoms with Crippen molar-refractivity contribution in [3.63, 3.8) is 0 Å². The molecule has 2 rings (SSSR count). The Bertz CT molecular complexity index is 929. The van der Waals surface area contributed by atoms with E-state index < -0.39 is 23.5 Å². The third kappa shape index (κ3) is 7.49. The number of hydrogen-bond acceptors (Lipinski definition) is 5. The van der Waals surface area contributed by atoms with Crippen molar-refractivity contribution in [1.29, 1.82) is 0 Å². The minimum atomic E-state index is -0.579. The molecular weight excluding hydrogens is 376 g/mol. The number of aromatic nitrogens is 1. The highest BCUT2D eigenvalue weighted by Crippen LogP contribution is 2.08. The number of rotatable bonds is 5. The van der Waals surface area contributed by atoms with E-state index >= 15 is 0 Å². The Hall–Kier alpha value is -3.62. The summed E-state index contributed by atoms with van der Waals surface area (Å²) >= 11 is 0. The summed E-state index contributed by atoms with van der Waals surface area (Å²) in [6, 6.07) is 11.0. The Morgan fingerprint density at radius 1 is 1.00 bits per heavy atom. The van der Waals surface area contributed by atoms with Crippen LogP contribution in [0.5, 0.6) is 0 Å². The lowest BCUT2D eigenvalue weighted by Gasteiger charge is -2.19. The Balaban J connectivity index is 1.81. The van der Waals surface area contributed by atoms with Crippen molar-refractivity contribution in [1.82, 2.24) is 20.7 Å². The van der Waals surface area contributed by atoms with E-state index in [0.29, 0.717) is 5.56 Å². The van der Waals surface area contributed by atoms with E-state index in [1.165, 1.54) is 16.8 Å². The molecule has 0 fully saturated rings. The van der Waals surface area contributed by atoms with Crippen LogP contribution in [0.4, 0.5) is 4.79 Å². The number of hydrazine groups is 1. The number of nitrogens with one attached hydrogen (secondary N) is 3. The lowest BCUT2D eigenvalue weighted by molar-refractivity contribution is -0.122. The summed E-state index contributed by atoms with van der Waals surface area (Å²) in [4.78, 5) is 47.2. The fourth-order valence-electron chi connectivity index (χ4n) is 2.25. The number of nitrogens with zero attached hydrogens (tertiary/aromatic N) is 1. The van der Waals surface area contributed by atoms with Crippen LogP contribution in [-0.4, -0.2) is 28.1 Å². The van der Waals surface area contributed by atoms with Crippen LogP contribution in [0.1, 0.15) is 36.7 Å². The second kappa shape index (κ2) is 9.54. The van der Waals surface area contributed by atoms with Gasteiger partial charge in [0.1, 0.15) is 12.1 Å². The van der Waals surface area contributed by atoms with Crippen molar-refractivity contribution in [2.24, 2.45) is 0 Å². The highest BCUT2D eigenvalue weighted by molar-refractivity contribution is 5.95. The molecule has 154 valence electrons. The molecule has 0 aliphatic rings. The van der Waals surface area contributed by atoms with Crippen molar-refractivity contribution in [3.05, 3.63) is 70.1 Å². The van der Waals surface area contributed by atoms with Crippen LogP contribution in [0.15, 0.2) is 53.5 Å². The van der Waals surface area contributed by atoms with Gasteiger partial charge in [-0.25, -0.2) is 4.79 Å². The fourth-order valence-corrected chi connectivity index (χ4v) is 2.25. The third-order valence-corrected chi connectivity index (χ3v) is 3.58. The van der Waals surface area contributed by atoms with Gasteiger partial charge in [0.25, 0.3) is 17.4 Å². The average molecular weight is 400 g/mol. The number of carbonyl (C=O) groups is 3. The smallest absolute Gasteiger partial charge is 0.407 e. The van der Waals surface area contributed by atoms with Gasteiger partial charge in [-0.15, -0.1) is 0 Å². The molecule has 0 spiro atoms. The molecule has 1 aromatic carbocycles. The zero-order valence-electron chi connectivity index (χ0n) is 16.5. The Labute approximate surface area is 168 Å². The second-order valence-electron chi connectivity index (χ2n) is 7.22. The SMILES string of the molecule is CC(C)(C)OC(=O)NCc1ccc(C(=O)NNC(=O)Cn2ccccc2=O)cc1. The fraction of sp³-hybridized carbons (Fsp3) is 0.300. The lowest BCUT2D eigenvalue weighted by Crippen LogP contribution is -2.44. The van der Waals surface area contributed by atoms with E-state index in [-0.39, 0.29) is 18.6 Å². The standard InChI is InChI=1S/C20H24N4O5/c1-20(2,3)29-19(28)21-12-14-7-9-15(10-8-14)18(27)23-22-16(25)13-24-11-5-4-6-17(24)26/h4-11H,12-13H2,1-3H3,(H,21,28)(H,22,25)(H,23,27). The first-order valence-electron chi connectivity index (χ1n) is 8.94. The molecule has 0 radical (unpaired) electrons. The van der Waals surface area contributed by atoms with Crippen molar-refractivity contribution in [2.45, 2.75) is 39.5 Å². The number of hydrogen-bond donors (Lipinski definition) is 3. The molecule has 3 N–H and O–H groups in total. The number of benzene rings is 1. The largest absolute Gasteiger partial charge is 0.444 e. The summed E-state index contributed by atoms with van der Waals surface area (Å²) in [6.07, 6.45) is 0.952. The van der Waals surface area contributed by atoms with Crippen LogP contribution >= 0.6 is 0 Å². The Morgan fingerprint density at radius 3 is 2.31 bits per heavy atom. The van der Waals surface area contributed by atoms with Gasteiger partial charge in [0.05, 0.1) is 0 Å². The molecule has 0 aliphatic heterocycles. The van der Waals surface area contributed by atoms with Gasteiger partial charge in [0, 0.05) is 24.4 Å². The molecule has 1 aromatic heterocycles. The Morgan fingerprint density at radius 2 is 1.69 bits per heavy atom. The molecular formula is C20H24N4O5. The monoisotopic (exact) mass is 400 g/mol. The average Bonchev–Trinajstić information content (AvgIpc) is 2.65. The van der Waals surface area contributed by atoms with Crippen LogP contribution < -0.4 is 21.7 Å². The minimum Gasteiger partial charge on any atom is -0.444 e. The summed E-state index contributed by atoms with van der Waals surface area (Å²) in [5.41, 5.74) is 4.76. The number of alkyl carbamates (subject to hydrolysis) is 1. The number of carbonyl (C=O) groups excluding carboxylic acids is 3. The van der Waals surface area contributed by atoms with E-state index in [2.05, 4.69) is 16.2 Å². The van der Waals surface area contributed by atoms with E-state index in [9.17, 15) is 19.2 Å². The summed E-state index contributed by atoms with van der Waals surface area (Å²) in [7, 11) is 0. The van der Waals surface area contributed by atoms with Gasteiger partial charge < -0.3 is 14.6 Å². The number of amides is 3. The molecule has 0 saturated carbocycles. The highest BCUT2D eigenvalue weighted by atomic mass is 16.6. The van der Waals surface area contributed by atoms with Crippen LogP contribution in [0.2, 0.25) is 0 Å². The zero-order chi connectivity index (χ0) is 21.4. The molecule has 0 saturated heterocycles. The third-order valence-electron chi connectivity index (χ3n) is 3.58. The summed E-state index contributed by atoms with van der Waals surface area (Å²) in [5.74, 6) is -1.05. The number of pyridine rings is 1. The van der Waals surface area contributed by atoms with E-state index in [0.717, 1.165) is 5.56 Å². The van der Waals surface area contributed by atoms with Crippen LogP contribution in [0.25, 0.3) is 0 Å². The molecule has 29 heavy (non-hydrogen) atoms. The van der Waals surface area contributed by atoms with Crippen molar-refractivity contribution >= 4 is 17.9 Å². The lowest BCUT2D eigenvalue weighted by atomic mass is 10.1. The van der Waals surface area contributed by atoms with E-state index in [1.807, 2.05) is 0 Å². The van der Waals surface area contributed by atoms with Gasteiger partial charge in [-0.05, 0) is 44.5 Å². The normalized spacial score (nSPS) is 10.7. The van der Waals surface area contributed by atoms with E-state index in [1.54, 1.807) is 57.2 Å².